The lowest BCUT2D eigenvalue weighted by Crippen LogP contribution is -2.13. The average molecular weight is 313 g/mol. The number of rotatable bonds is 6. The van der Waals surface area contributed by atoms with Crippen molar-refractivity contribution < 1.29 is 19.0 Å². The number of carbonyl (C=O) groups is 1. The van der Waals surface area contributed by atoms with Crippen molar-refractivity contribution in [2.24, 2.45) is 0 Å². The van der Waals surface area contributed by atoms with E-state index in [9.17, 15) is 4.79 Å². The summed E-state index contributed by atoms with van der Waals surface area (Å²) in [4.78, 5) is 12.1. The van der Waals surface area contributed by atoms with Gasteiger partial charge in [0.15, 0.2) is 11.5 Å². The van der Waals surface area contributed by atoms with Crippen LogP contribution in [0, 0.1) is 0 Å². The summed E-state index contributed by atoms with van der Waals surface area (Å²) in [6.45, 7) is 1.67. The quantitative estimate of drug-likeness (QED) is 0.653. The van der Waals surface area contributed by atoms with Gasteiger partial charge in [0.25, 0.3) is 5.91 Å². The minimum absolute atomic E-state index is 0.238. The molecule has 5 heteroatoms. The molecule has 1 N–H and O–H groups in total. The molecule has 0 aliphatic rings. The smallest absolute Gasteiger partial charge is 0.254 e. The van der Waals surface area contributed by atoms with Gasteiger partial charge in [-0.05, 0) is 31.2 Å². The molecule has 0 saturated carbocycles. The molecular formula is C18H19NO4. The topological polar surface area (TPSA) is 56.8 Å². The molecule has 2 aromatic rings. The molecule has 0 bridgehead atoms. The van der Waals surface area contributed by atoms with Crippen molar-refractivity contribution in [3.8, 4) is 17.2 Å². The number of hydrogen-bond donors (Lipinski definition) is 1. The predicted molar refractivity (Wildman–Crippen MR) is 89.0 cm³/mol. The van der Waals surface area contributed by atoms with E-state index in [2.05, 4.69) is 5.32 Å². The SMILES string of the molecule is COc1cccc(O/C=C(\C)C(=O)Nc2ccccc2)c1OC. The molecule has 0 radical (unpaired) electrons. The van der Waals surface area contributed by atoms with E-state index in [0.717, 1.165) is 5.69 Å². The van der Waals surface area contributed by atoms with Gasteiger partial charge in [-0.2, -0.15) is 0 Å². The van der Waals surface area contributed by atoms with Crippen LogP contribution in [0.15, 0.2) is 60.4 Å². The van der Waals surface area contributed by atoms with Crippen LogP contribution < -0.4 is 19.5 Å². The van der Waals surface area contributed by atoms with Crippen LogP contribution in [0.25, 0.3) is 0 Å². The molecule has 120 valence electrons. The molecule has 5 nitrogen and oxygen atoms in total. The van der Waals surface area contributed by atoms with E-state index in [4.69, 9.17) is 14.2 Å². The molecule has 1 amide bonds. The molecule has 2 aromatic carbocycles. The number of nitrogens with one attached hydrogen (secondary N) is 1. The fourth-order valence-electron chi connectivity index (χ4n) is 1.91. The predicted octanol–water partition coefficient (Wildman–Crippen LogP) is 3.63. The maximum atomic E-state index is 12.1. The molecule has 2 rings (SSSR count). The largest absolute Gasteiger partial charge is 0.493 e. The number of carbonyl (C=O) groups excluding carboxylic acids is 1. The molecular weight excluding hydrogens is 294 g/mol. The molecule has 0 aliphatic carbocycles. The van der Waals surface area contributed by atoms with E-state index in [1.54, 1.807) is 32.2 Å². The van der Waals surface area contributed by atoms with E-state index in [1.807, 2.05) is 30.3 Å². The lowest BCUT2D eigenvalue weighted by molar-refractivity contribution is -0.112. The second-order valence-electron chi connectivity index (χ2n) is 4.73. The van der Waals surface area contributed by atoms with Gasteiger partial charge in [-0.25, -0.2) is 0 Å². The van der Waals surface area contributed by atoms with E-state index in [0.29, 0.717) is 22.8 Å². The van der Waals surface area contributed by atoms with Gasteiger partial charge < -0.3 is 19.5 Å². The van der Waals surface area contributed by atoms with Gasteiger partial charge in [0.1, 0.15) is 0 Å². The van der Waals surface area contributed by atoms with Crippen LogP contribution in [0.5, 0.6) is 17.2 Å². The molecule has 23 heavy (non-hydrogen) atoms. The monoisotopic (exact) mass is 313 g/mol. The molecule has 0 atom stereocenters. The van der Waals surface area contributed by atoms with Gasteiger partial charge in [-0.15, -0.1) is 0 Å². The highest BCUT2D eigenvalue weighted by atomic mass is 16.5. The van der Waals surface area contributed by atoms with Crippen molar-refractivity contribution in [1.29, 1.82) is 0 Å². The summed E-state index contributed by atoms with van der Waals surface area (Å²) in [5, 5.41) is 2.79. The van der Waals surface area contributed by atoms with Crippen LogP contribution in [0.3, 0.4) is 0 Å². The lowest BCUT2D eigenvalue weighted by atomic mass is 10.2. The van der Waals surface area contributed by atoms with Crippen LogP contribution in [-0.4, -0.2) is 20.1 Å². The number of anilines is 1. The van der Waals surface area contributed by atoms with Crippen molar-refractivity contribution in [2.75, 3.05) is 19.5 Å². The highest BCUT2D eigenvalue weighted by Gasteiger charge is 2.11. The van der Waals surface area contributed by atoms with E-state index >= 15 is 0 Å². The summed E-state index contributed by atoms with van der Waals surface area (Å²) in [7, 11) is 3.08. The number of methoxy groups -OCH3 is 2. The zero-order chi connectivity index (χ0) is 16.7. The van der Waals surface area contributed by atoms with Crippen molar-refractivity contribution in [2.45, 2.75) is 6.92 Å². The van der Waals surface area contributed by atoms with Crippen molar-refractivity contribution >= 4 is 11.6 Å². The molecule has 0 unspecified atom stereocenters. The Morgan fingerprint density at radius 3 is 2.30 bits per heavy atom. The second kappa shape index (κ2) is 7.89. The Bertz CT molecular complexity index is 695. The Morgan fingerprint density at radius 2 is 1.65 bits per heavy atom. The molecule has 0 heterocycles. The van der Waals surface area contributed by atoms with Gasteiger partial charge >= 0.3 is 0 Å². The summed E-state index contributed by atoms with van der Waals surface area (Å²) in [5.74, 6) is 1.27. The van der Waals surface area contributed by atoms with E-state index < -0.39 is 0 Å². The highest BCUT2D eigenvalue weighted by molar-refractivity contribution is 6.03. The Balaban J connectivity index is 2.09. The summed E-state index contributed by atoms with van der Waals surface area (Å²) in [6, 6.07) is 14.5. The highest BCUT2D eigenvalue weighted by Crippen LogP contribution is 2.36. The number of benzene rings is 2. The molecule has 0 aromatic heterocycles. The number of amides is 1. The first-order valence-corrected chi connectivity index (χ1v) is 7.06. The third kappa shape index (κ3) is 4.26. The maximum absolute atomic E-state index is 12.1. The minimum atomic E-state index is -0.238. The number of ether oxygens (including phenoxy) is 3. The summed E-state index contributed by atoms with van der Waals surface area (Å²) >= 11 is 0. The lowest BCUT2D eigenvalue weighted by Gasteiger charge is -2.12. The van der Waals surface area contributed by atoms with Crippen molar-refractivity contribution in [3.63, 3.8) is 0 Å². The fourth-order valence-corrected chi connectivity index (χ4v) is 1.91. The summed E-state index contributed by atoms with van der Waals surface area (Å²) in [5.41, 5.74) is 1.16. The Morgan fingerprint density at radius 1 is 0.957 bits per heavy atom. The Labute approximate surface area is 135 Å². The maximum Gasteiger partial charge on any atom is 0.254 e. The fraction of sp³-hybridized carbons (Fsp3) is 0.167. The minimum Gasteiger partial charge on any atom is -0.493 e. The molecule has 0 aliphatic heterocycles. The molecule has 0 saturated heterocycles. The molecule has 0 fully saturated rings. The van der Waals surface area contributed by atoms with Crippen LogP contribution >= 0.6 is 0 Å². The van der Waals surface area contributed by atoms with Crippen LogP contribution in [-0.2, 0) is 4.79 Å². The third-order valence-corrected chi connectivity index (χ3v) is 3.12. The summed E-state index contributed by atoms with van der Waals surface area (Å²) < 4.78 is 16.0. The normalized spacial score (nSPS) is 10.8. The van der Waals surface area contributed by atoms with Gasteiger partial charge in [0.05, 0.1) is 20.5 Å². The first-order valence-electron chi connectivity index (χ1n) is 7.06. The zero-order valence-corrected chi connectivity index (χ0v) is 13.3. The Kier molecular flexibility index (Phi) is 5.63. The van der Waals surface area contributed by atoms with Crippen LogP contribution in [0.1, 0.15) is 6.92 Å². The van der Waals surface area contributed by atoms with Crippen molar-refractivity contribution in [1.82, 2.24) is 0 Å². The van der Waals surface area contributed by atoms with Gasteiger partial charge in [0, 0.05) is 11.3 Å². The zero-order valence-electron chi connectivity index (χ0n) is 13.3. The van der Waals surface area contributed by atoms with Gasteiger partial charge in [-0.1, -0.05) is 24.3 Å². The standard InChI is InChI=1S/C18H19NO4/c1-13(18(20)19-14-8-5-4-6-9-14)12-23-16-11-7-10-15(21-2)17(16)22-3/h4-12H,1-3H3,(H,19,20)/b13-12+. The number of hydrogen-bond acceptors (Lipinski definition) is 4. The van der Waals surface area contributed by atoms with Crippen molar-refractivity contribution in [3.05, 3.63) is 60.4 Å². The average Bonchev–Trinajstić information content (AvgIpc) is 2.59. The first-order chi connectivity index (χ1) is 11.2. The molecule has 0 spiro atoms. The number of para-hydroxylation sites is 2. The van der Waals surface area contributed by atoms with E-state index in [1.165, 1.54) is 13.4 Å². The van der Waals surface area contributed by atoms with Gasteiger partial charge in [0.2, 0.25) is 5.75 Å². The second-order valence-corrected chi connectivity index (χ2v) is 4.73. The third-order valence-electron chi connectivity index (χ3n) is 3.12. The van der Waals surface area contributed by atoms with E-state index in [-0.39, 0.29) is 5.91 Å². The van der Waals surface area contributed by atoms with Crippen LogP contribution in [0.4, 0.5) is 5.69 Å². The van der Waals surface area contributed by atoms with Gasteiger partial charge in [-0.3, -0.25) is 4.79 Å². The van der Waals surface area contributed by atoms with Crippen LogP contribution in [0.2, 0.25) is 0 Å². The first kappa shape index (κ1) is 16.4. The Hall–Kier alpha value is -2.95. The summed E-state index contributed by atoms with van der Waals surface area (Å²) in [6.07, 6.45) is 1.38.